The zero-order valence-corrected chi connectivity index (χ0v) is 17.3. The van der Waals surface area contributed by atoms with E-state index < -0.39 is 0 Å². The van der Waals surface area contributed by atoms with Gasteiger partial charge in [0.2, 0.25) is 5.91 Å². The fourth-order valence-corrected chi connectivity index (χ4v) is 6.31. The van der Waals surface area contributed by atoms with Gasteiger partial charge in [0.15, 0.2) is 0 Å². The molecule has 3 fully saturated rings. The molecule has 28 heavy (non-hydrogen) atoms. The van der Waals surface area contributed by atoms with Crippen LogP contribution in [0.2, 0.25) is 0 Å². The first-order valence-electron chi connectivity index (χ1n) is 10.5. The van der Waals surface area contributed by atoms with Crippen molar-refractivity contribution in [3.63, 3.8) is 0 Å². The molecule has 150 valence electrons. The van der Waals surface area contributed by atoms with E-state index in [1.165, 1.54) is 4.70 Å². The summed E-state index contributed by atoms with van der Waals surface area (Å²) in [7, 11) is 0. The average Bonchev–Trinajstić information content (AvgIpc) is 3.40. The molecule has 3 aliphatic rings. The average molecular weight is 401 g/mol. The van der Waals surface area contributed by atoms with Crippen LogP contribution in [0.25, 0.3) is 10.2 Å². The number of nitrogens with zero attached hydrogens (tertiary/aromatic N) is 4. The quantitative estimate of drug-likeness (QED) is 0.773. The summed E-state index contributed by atoms with van der Waals surface area (Å²) in [4.78, 5) is 27.0. The lowest BCUT2D eigenvalue weighted by Crippen LogP contribution is -2.51. The third-order valence-corrected chi connectivity index (χ3v) is 7.90. The van der Waals surface area contributed by atoms with Crippen LogP contribution in [0.1, 0.15) is 45.4 Å². The van der Waals surface area contributed by atoms with Gasteiger partial charge in [-0.15, -0.1) is 11.3 Å². The minimum Gasteiger partial charge on any atom is -0.378 e. The highest BCUT2D eigenvalue weighted by Gasteiger charge is 2.47. The minimum atomic E-state index is 0.0236. The van der Waals surface area contributed by atoms with Crippen molar-refractivity contribution in [2.75, 3.05) is 31.1 Å². The summed E-state index contributed by atoms with van der Waals surface area (Å²) in [6.45, 7) is 5.62. The van der Waals surface area contributed by atoms with Crippen molar-refractivity contribution in [1.29, 1.82) is 0 Å². The molecular weight excluding hydrogens is 372 g/mol. The molecule has 1 amide bonds. The predicted octanol–water partition coefficient (Wildman–Crippen LogP) is 3.47. The summed E-state index contributed by atoms with van der Waals surface area (Å²) in [5.74, 6) is 1.44. The number of amides is 1. The molecule has 2 aromatic rings. The Morgan fingerprint density at radius 1 is 1.21 bits per heavy atom. The highest BCUT2D eigenvalue weighted by atomic mass is 32.1. The molecule has 0 bridgehead atoms. The molecule has 5 rings (SSSR count). The largest absolute Gasteiger partial charge is 0.378 e. The number of aromatic nitrogens is 2. The lowest BCUT2D eigenvalue weighted by Gasteiger charge is -2.40. The van der Waals surface area contributed by atoms with Crippen molar-refractivity contribution < 1.29 is 9.53 Å². The summed E-state index contributed by atoms with van der Waals surface area (Å²) in [6, 6.07) is 2.06. The molecule has 1 unspecified atom stereocenters. The van der Waals surface area contributed by atoms with Gasteiger partial charge in [-0.2, -0.15) is 0 Å². The van der Waals surface area contributed by atoms with E-state index in [0.717, 1.165) is 76.1 Å². The van der Waals surface area contributed by atoms with Crippen LogP contribution in [-0.4, -0.2) is 58.7 Å². The molecule has 3 atom stereocenters. The van der Waals surface area contributed by atoms with Crippen molar-refractivity contribution >= 4 is 33.3 Å². The number of hydrogen-bond donors (Lipinski definition) is 0. The highest BCUT2D eigenvalue weighted by molar-refractivity contribution is 7.17. The van der Waals surface area contributed by atoms with Crippen LogP contribution in [0.4, 0.5) is 5.82 Å². The van der Waals surface area contributed by atoms with Crippen LogP contribution in [-0.2, 0) is 9.53 Å². The van der Waals surface area contributed by atoms with E-state index in [0.29, 0.717) is 5.91 Å². The van der Waals surface area contributed by atoms with Crippen molar-refractivity contribution in [1.82, 2.24) is 14.9 Å². The number of rotatable bonds is 2. The van der Waals surface area contributed by atoms with Crippen LogP contribution in [0.15, 0.2) is 17.8 Å². The van der Waals surface area contributed by atoms with Crippen molar-refractivity contribution in [2.24, 2.45) is 5.92 Å². The number of carbonyl (C=O) groups excluding carboxylic acids is 1. The Hall–Kier alpha value is -1.73. The second-order valence-electron chi connectivity index (χ2n) is 8.46. The van der Waals surface area contributed by atoms with Gasteiger partial charge >= 0.3 is 0 Å². The number of ether oxygens (including phenoxy) is 1. The monoisotopic (exact) mass is 400 g/mol. The fraction of sp³-hybridized carbons (Fsp3) is 0.667. The van der Waals surface area contributed by atoms with E-state index in [-0.39, 0.29) is 17.6 Å². The zero-order chi connectivity index (χ0) is 19.1. The summed E-state index contributed by atoms with van der Waals surface area (Å²) in [6.07, 6.45) is 8.07. The van der Waals surface area contributed by atoms with Gasteiger partial charge in [-0.1, -0.05) is 0 Å². The summed E-state index contributed by atoms with van der Waals surface area (Å²) < 4.78 is 6.86. The van der Waals surface area contributed by atoms with E-state index in [4.69, 9.17) is 4.74 Å². The first-order chi connectivity index (χ1) is 13.7. The topological polar surface area (TPSA) is 58.6 Å². The van der Waals surface area contributed by atoms with Crippen LogP contribution in [0, 0.1) is 5.92 Å². The smallest absolute Gasteiger partial charge is 0.228 e. The molecule has 3 aliphatic heterocycles. The Kier molecular flexibility index (Phi) is 4.75. The molecule has 0 radical (unpaired) electrons. The number of likely N-dealkylation sites (tertiary alicyclic amines) is 1. The SMILES string of the molecule is C[C@@H]1OCC[C@@H]1C(=O)N1CCCC12CCCN(c1ncnc3ccsc13)CC2. The van der Waals surface area contributed by atoms with Gasteiger partial charge in [0, 0.05) is 31.8 Å². The third-order valence-electron chi connectivity index (χ3n) is 7.00. The normalized spacial score (nSPS) is 31.0. The number of carbonyl (C=O) groups is 1. The zero-order valence-electron chi connectivity index (χ0n) is 16.5. The van der Waals surface area contributed by atoms with E-state index >= 15 is 0 Å². The summed E-state index contributed by atoms with van der Waals surface area (Å²) in [5.41, 5.74) is 1.05. The minimum absolute atomic E-state index is 0.0236. The summed E-state index contributed by atoms with van der Waals surface area (Å²) >= 11 is 1.72. The van der Waals surface area contributed by atoms with Crippen LogP contribution >= 0.6 is 11.3 Å². The van der Waals surface area contributed by atoms with Gasteiger partial charge in [-0.3, -0.25) is 4.79 Å². The second kappa shape index (κ2) is 7.26. The van der Waals surface area contributed by atoms with Gasteiger partial charge in [-0.05, 0) is 56.9 Å². The first kappa shape index (κ1) is 18.3. The molecule has 0 aliphatic carbocycles. The van der Waals surface area contributed by atoms with Gasteiger partial charge < -0.3 is 14.5 Å². The Balaban J connectivity index is 1.37. The first-order valence-corrected chi connectivity index (χ1v) is 11.4. The Bertz CT molecular complexity index is 871. The van der Waals surface area contributed by atoms with Gasteiger partial charge in [0.05, 0.1) is 22.2 Å². The fourth-order valence-electron chi connectivity index (χ4n) is 5.45. The third kappa shape index (κ3) is 2.99. The number of fused-ring (bicyclic) bond motifs is 1. The van der Waals surface area contributed by atoms with Crippen molar-refractivity contribution in [2.45, 2.75) is 57.1 Å². The Morgan fingerprint density at radius 3 is 2.89 bits per heavy atom. The molecule has 6 nitrogen and oxygen atoms in total. The van der Waals surface area contributed by atoms with Crippen LogP contribution in [0.5, 0.6) is 0 Å². The molecular formula is C21H28N4O2S. The number of hydrogen-bond acceptors (Lipinski definition) is 6. The molecule has 0 aromatic carbocycles. The second-order valence-corrected chi connectivity index (χ2v) is 9.38. The van der Waals surface area contributed by atoms with E-state index in [1.54, 1.807) is 17.7 Å². The molecule has 2 aromatic heterocycles. The van der Waals surface area contributed by atoms with Gasteiger partial charge in [0.1, 0.15) is 12.1 Å². The van der Waals surface area contributed by atoms with Gasteiger partial charge in [-0.25, -0.2) is 9.97 Å². The molecule has 0 saturated carbocycles. The maximum absolute atomic E-state index is 13.3. The van der Waals surface area contributed by atoms with E-state index in [9.17, 15) is 4.79 Å². The number of thiophene rings is 1. The Morgan fingerprint density at radius 2 is 2.07 bits per heavy atom. The maximum Gasteiger partial charge on any atom is 0.228 e. The molecule has 7 heteroatoms. The summed E-state index contributed by atoms with van der Waals surface area (Å²) in [5, 5.41) is 2.09. The van der Waals surface area contributed by atoms with Gasteiger partial charge in [0.25, 0.3) is 0 Å². The lowest BCUT2D eigenvalue weighted by atomic mass is 9.86. The standard InChI is InChI=1S/C21H28N4O2S/c1-15-16(4-12-27-15)20(26)25-10-3-7-21(25)6-2-9-24(11-8-21)19-18-17(5-13-28-18)22-14-23-19/h5,13-16H,2-4,6-12H2,1H3/t15-,16-,21?/m0/s1. The van der Waals surface area contributed by atoms with Crippen LogP contribution in [0.3, 0.4) is 0 Å². The Labute approximate surface area is 169 Å². The lowest BCUT2D eigenvalue weighted by molar-refractivity contribution is -0.141. The molecule has 3 saturated heterocycles. The predicted molar refractivity (Wildman–Crippen MR) is 111 cm³/mol. The molecule has 1 spiro atoms. The van der Waals surface area contributed by atoms with Crippen molar-refractivity contribution in [3.05, 3.63) is 17.8 Å². The van der Waals surface area contributed by atoms with Crippen LogP contribution < -0.4 is 4.90 Å². The van der Waals surface area contributed by atoms with E-state index in [2.05, 4.69) is 38.1 Å². The highest BCUT2D eigenvalue weighted by Crippen LogP contribution is 2.41. The van der Waals surface area contributed by atoms with Crippen molar-refractivity contribution in [3.8, 4) is 0 Å². The molecule has 5 heterocycles. The maximum atomic E-state index is 13.3. The molecule has 0 N–H and O–H groups in total. The number of anilines is 1. The van der Waals surface area contributed by atoms with E-state index in [1.807, 2.05) is 0 Å².